The minimum Gasteiger partial charge on any atom is -0.507 e. The number of rotatable bonds is 3. The van der Waals surface area contributed by atoms with Gasteiger partial charge in [0.2, 0.25) is 0 Å². The van der Waals surface area contributed by atoms with Crippen molar-refractivity contribution in [3.05, 3.63) is 53.3 Å². The Morgan fingerprint density at radius 3 is 2.38 bits per heavy atom. The molecule has 0 unspecified atom stereocenters. The van der Waals surface area contributed by atoms with Crippen molar-refractivity contribution < 1.29 is 28.9 Å². The number of benzene rings is 2. The molecular weight excluding hydrogens is 279 g/mol. The lowest BCUT2D eigenvalue weighted by atomic mass is 10.0. The third kappa shape index (κ3) is 2.84. The van der Waals surface area contributed by atoms with E-state index in [1.54, 1.807) is 0 Å². The monoisotopic (exact) mass is 290 g/mol. The number of esters is 1. The van der Waals surface area contributed by atoms with Gasteiger partial charge < -0.3 is 14.9 Å². The molecule has 5 nitrogen and oxygen atoms in total. The average Bonchev–Trinajstić information content (AvgIpc) is 2.45. The summed E-state index contributed by atoms with van der Waals surface area (Å²) in [5.41, 5.74) is 0.219. The van der Waals surface area contributed by atoms with Gasteiger partial charge >= 0.3 is 11.9 Å². The van der Waals surface area contributed by atoms with Crippen LogP contribution in [0.25, 0.3) is 11.1 Å². The molecule has 6 heteroatoms. The summed E-state index contributed by atoms with van der Waals surface area (Å²) in [5, 5.41) is 18.4. The number of phenols is 1. The van der Waals surface area contributed by atoms with E-state index in [9.17, 15) is 19.1 Å². The normalized spacial score (nSPS) is 10.2. The maximum Gasteiger partial charge on any atom is 0.339 e. The smallest absolute Gasteiger partial charge is 0.339 e. The molecule has 0 saturated heterocycles. The van der Waals surface area contributed by atoms with Gasteiger partial charge in [-0.3, -0.25) is 0 Å². The summed E-state index contributed by atoms with van der Waals surface area (Å²) < 4.78 is 18.5. The van der Waals surface area contributed by atoms with E-state index in [-0.39, 0.29) is 16.7 Å². The van der Waals surface area contributed by atoms with Crippen molar-refractivity contribution in [2.45, 2.75) is 0 Å². The number of aromatic carboxylic acids is 1. The number of ether oxygens (including phenoxy) is 1. The SMILES string of the molecule is COC(=O)c1ccc(-c2ccc(C(=O)O)c(O)c2)c(F)c1. The van der Waals surface area contributed by atoms with Gasteiger partial charge in [0.25, 0.3) is 0 Å². The highest BCUT2D eigenvalue weighted by Gasteiger charge is 2.14. The van der Waals surface area contributed by atoms with Crippen molar-refractivity contribution >= 4 is 11.9 Å². The topological polar surface area (TPSA) is 83.8 Å². The Morgan fingerprint density at radius 2 is 1.86 bits per heavy atom. The number of halogens is 1. The summed E-state index contributed by atoms with van der Waals surface area (Å²) in [6.07, 6.45) is 0. The summed E-state index contributed by atoms with van der Waals surface area (Å²) in [7, 11) is 1.19. The second-order valence-corrected chi connectivity index (χ2v) is 4.22. The molecule has 0 amide bonds. The average molecular weight is 290 g/mol. The van der Waals surface area contributed by atoms with E-state index in [0.717, 1.165) is 12.1 Å². The van der Waals surface area contributed by atoms with Crippen LogP contribution in [0.15, 0.2) is 36.4 Å². The summed E-state index contributed by atoms with van der Waals surface area (Å²) >= 11 is 0. The molecule has 2 aromatic carbocycles. The largest absolute Gasteiger partial charge is 0.507 e. The molecule has 0 aliphatic heterocycles. The Bertz CT molecular complexity index is 724. The van der Waals surface area contributed by atoms with E-state index in [4.69, 9.17) is 5.11 Å². The van der Waals surface area contributed by atoms with Crippen molar-refractivity contribution in [2.75, 3.05) is 7.11 Å². The highest BCUT2D eigenvalue weighted by Crippen LogP contribution is 2.29. The number of carbonyl (C=O) groups excluding carboxylic acids is 1. The van der Waals surface area contributed by atoms with Gasteiger partial charge in [-0.15, -0.1) is 0 Å². The first-order valence-electron chi connectivity index (χ1n) is 5.88. The van der Waals surface area contributed by atoms with Crippen LogP contribution in [0.1, 0.15) is 20.7 Å². The Labute approximate surface area is 119 Å². The maximum atomic E-state index is 14.0. The number of carboxylic acids is 1. The van der Waals surface area contributed by atoms with Crippen molar-refractivity contribution in [2.24, 2.45) is 0 Å². The molecule has 0 atom stereocenters. The molecule has 0 aliphatic carbocycles. The van der Waals surface area contributed by atoms with Crippen molar-refractivity contribution in [1.82, 2.24) is 0 Å². The van der Waals surface area contributed by atoms with Crippen molar-refractivity contribution in [3.8, 4) is 16.9 Å². The van der Waals surface area contributed by atoms with Gasteiger partial charge in [-0.2, -0.15) is 0 Å². The molecule has 0 bridgehead atoms. The molecule has 2 rings (SSSR count). The van der Waals surface area contributed by atoms with Crippen LogP contribution in [0, 0.1) is 5.82 Å². The van der Waals surface area contributed by atoms with Crippen molar-refractivity contribution in [3.63, 3.8) is 0 Å². The number of hydrogen-bond acceptors (Lipinski definition) is 4. The van der Waals surface area contributed by atoms with Gasteiger partial charge in [0, 0.05) is 5.56 Å². The fraction of sp³-hybridized carbons (Fsp3) is 0.0667. The Kier molecular flexibility index (Phi) is 3.89. The zero-order valence-corrected chi connectivity index (χ0v) is 11.0. The van der Waals surface area contributed by atoms with E-state index in [2.05, 4.69) is 4.74 Å². The van der Waals surface area contributed by atoms with Crippen LogP contribution in [0.5, 0.6) is 5.75 Å². The van der Waals surface area contributed by atoms with Crippen LogP contribution >= 0.6 is 0 Å². The second kappa shape index (κ2) is 5.62. The molecule has 0 saturated carbocycles. The molecule has 2 N–H and O–H groups in total. The number of aromatic hydroxyl groups is 1. The zero-order valence-electron chi connectivity index (χ0n) is 11.0. The van der Waals surface area contributed by atoms with Gasteiger partial charge in [0.15, 0.2) is 0 Å². The minimum atomic E-state index is -1.28. The predicted octanol–water partition coefficient (Wildman–Crippen LogP) is 2.68. The molecule has 0 aliphatic rings. The third-order valence-electron chi connectivity index (χ3n) is 2.93. The lowest BCUT2D eigenvalue weighted by Gasteiger charge is -2.07. The highest BCUT2D eigenvalue weighted by molar-refractivity contribution is 5.92. The van der Waals surface area contributed by atoms with Crippen LogP contribution in [0.3, 0.4) is 0 Å². The Morgan fingerprint density at radius 1 is 1.14 bits per heavy atom. The Balaban J connectivity index is 2.45. The first kappa shape index (κ1) is 14.5. The summed E-state index contributed by atoms with van der Waals surface area (Å²) in [6.45, 7) is 0. The van der Waals surface area contributed by atoms with Gasteiger partial charge in [-0.05, 0) is 29.8 Å². The summed E-state index contributed by atoms with van der Waals surface area (Å²) in [6, 6.07) is 7.46. The molecule has 0 radical (unpaired) electrons. The van der Waals surface area contributed by atoms with E-state index in [1.165, 1.54) is 31.4 Å². The number of hydrogen-bond donors (Lipinski definition) is 2. The van der Waals surface area contributed by atoms with E-state index >= 15 is 0 Å². The van der Waals surface area contributed by atoms with Crippen LogP contribution in [-0.4, -0.2) is 29.3 Å². The highest BCUT2D eigenvalue weighted by atomic mass is 19.1. The molecule has 0 fully saturated rings. The van der Waals surface area contributed by atoms with E-state index in [0.29, 0.717) is 5.56 Å². The predicted molar refractivity (Wildman–Crippen MR) is 71.8 cm³/mol. The molecule has 21 heavy (non-hydrogen) atoms. The number of carboxylic acid groups (broad SMARTS) is 1. The van der Waals surface area contributed by atoms with Gasteiger partial charge in [0.05, 0.1) is 12.7 Å². The standard InChI is InChI=1S/C15H11FO5/c1-21-15(20)9-3-4-10(12(16)6-9)8-2-5-11(14(18)19)13(17)7-8/h2-7,17H,1H3,(H,18,19). The van der Waals surface area contributed by atoms with Crippen molar-refractivity contribution in [1.29, 1.82) is 0 Å². The van der Waals surface area contributed by atoms with Crippen LogP contribution in [-0.2, 0) is 4.74 Å². The van der Waals surface area contributed by atoms with Gasteiger partial charge in [-0.25, -0.2) is 14.0 Å². The second-order valence-electron chi connectivity index (χ2n) is 4.22. The number of carbonyl (C=O) groups is 2. The van der Waals surface area contributed by atoms with Crippen LogP contribution < -0.4 is 0 Å². The van der Waals surface area contributed by atoms with Crippen LogP contribution in [0.4, 0.5) is 4.39 Å². The third-order valence-corrected chi connectivity index (χ3v) is 2.93. The molecule has 2 aromatic rings. The Hall–Kier alpha value is -2.89. The zero-order chi connectivity index (χ0) is 15.6. The molecule has 108 valence electrons. The quantitative estimate of drug-likeness (QED) is 0.849. The molecule has 0 spiro atoms. The van der Waals surface area contributed by atoms with Gasteiger partial charge in [-0.1, -0.05) is 12.1 Å². The summed E-state index contributed by atoms with van der Waals surface area (Å²) in [4.78, 5) is 22.1. The fourth-order valence-electron chi connectivity index (χ4n) is 1.87. The van der Waals surface area contributed by atoms with E-state index < -0.39 is 23.5 Å². The first-order chi connectivity index (χ1) is 9.93. The fourth-order valence-corrected chi connectivity index (χ4v) is 1.87. The summed E-state index contributed by atoms with van der Waals surface area (Å²) in [5.74, 6) is -3.08. The molecule has 0 aromatic heterocycles. The van der Waals surface area contributed by atoms with Crippen LogP contribution in [0.2, 0.25) is 0 Å². The molecule has 0 heterocycles. The number of methoxy groups -OCH3 is 1. The van der Waals surface area contributed by atoms with E-state index in [1.807, 2.05) is 0 Å². The lowest BCUT2D eigenvalue weighted by molar-refractivity contribution is 0.0599. The lowest BCUT2D eigenvalue weighted by Crippen LogP contribution is -2.02. The molecular formula is C15H11FO5. The van der Waals surface area contributed by atoms with Gasteiger partial charge in [0.1, 0.15) is 17.1 Å². The first-order valence-corrected chi connectivity index (χ1v) is 5.88. The maximum absolute atomic E-state index is 14.0. The minimum absolute atomic E-state index is 0.0603.